The van der Waals surface area contributed by atoms with Gasteiger partial charge in [-0.2, -0.15) is 0 Å². The molecule has 2 saturated carbocycles. The third kappa shape index (κ3) is 7.93. The highest BCUT2D eigenvalue weighted by Crippen LogP contribution is 2.43. The van der Waals surface area contributed by atoms with Gasteiger partial charge >= 0.3 is 0 Å². The Morgan fingerprint density at radius 3 is 1.80 bits per heavy atom. The van der Waals surface area contributed by atoms with Gasteiger partial charge in [0, 0.05) is 0 Å². The predicted octanol–water partition coefficient (Wildman–Crippen LogP) is 8.99. The number of benzene rings is 1. The van der Waals surface area contributed by atoms with Crippen LogP contribution >= 0.6 is 0 Å². The lowest BCUT2D eigenvalue weighted by Crippen LogP contribution is -2.26. The number of ether oxygens (including phenoxy) is 1. The molecule has 0 heterocycles. The van der Waals surface area contributed by atoms with Crippen LogP contribution in [0, 0.1) is 23.7 Å². The first-order valence-corrected chi connectivity index (χ1v) is 13.5. The first-order valence-electron chi connectivity index (χ1n) is 13.5. The molecule has 2 fully saturated rings. The van der Waals surface area contributed by atoms with Crippen molar-refractivity contribution in [1.82, 2.24) is 0 Å². The van der Waals surface area contributed by atoms with E-state index in [4.69, 9.17) is 4.74 Å². The summed E-state index contributed by atoms with van der Waals surface area (Å²) in [5.74, 6) is 5.18. The largest absolute Gasteiger partial charge is 0.494 e. The van der Waals surface area contributed by atoms with E-state index in [1.54, 1.807) is 12.8 Å². The average molecular weight is 413 g/mol. The Labute approximate surface area is 187 Å². The van der Waals surface area contributed by atoms with Gasteiger partial charge in [-0.25, -0.2) is 0 Å². The van der Waals surface area contributed by atoms with Crippen LogP contribution in [-0.4, -0.2) is 6.61 Å². The molecule has 1 nitrogen and oxygen atoms in total. The molecule has 3 rings (SSSR count). The summed E-state index contributed by atoms with van der Waals surface area (Å²) in [5.41, 5.74) is 1.49. The van der Waals surface area contributed by atoms with Gasteiger partial charge in [0.2, 0.25) is 0 Å². The molecule has 0 radical (unpaired) electrons. The van der Waals surface area contributed by atoms with Crippen molar-refractivity contribution in [2.45, 2.75) is 117 Å². The van der Waals surface area contributed by atoms with Crippen molar-refractivity contribution >= 4 is 0 Å². The van der Waals surface area contributed by atoms with E-state index in [1.807, 2.05) is 0 Å². The second-order valence-electron chi connectivity index (χ2n) is 10.4. The minimum absolute atomic E-state index is 0.847. The summed E-state index contributed by atoms with van der Waals surface area (Å²) in [6.45, 7) is 5.38. The molecule has 0 saturated heterocycles. The molecule has 2 aliphatic rings. The van der Waals surface area contributed by atoms with Gasteiger partial charge in [0.1, 0.15) is 5.75 Å². The Hall–Kier alpha value is -0.980. The molecule has 0 aromatic heterocycles. The van der Waals surface area contributed by atoms with Crippen molar-refractivity contribution in [2.24, 2.45) is 23.7 Å². The van der Waals surface area contributed by atoms with E-state index in [0.717, 1.165) is 42.4 Å². The molecule has 0 spiro atoms. The van der Waals surface area contributed by atoms with Crippen LogP contribution in [0.5, 0.6) is 5.75 Å². The van der Waals surface area contributed by atoms with Gasteiger partial charge in [0.15, 0.2) is 0 Å². The Morgan fingerprint density at radius 1 is 0.667 bits per heavy atom. The molecule has 2 aliphatic carbocycles. The van der Waals surface area contributed by atoms with Crippen molar-refractivity contribution < 1.29 is 4.74 Å². The van der Waals surface area contributed by atoms with Crippen LogP contribution in [0.2, 0.25) is 0 Å². The quantitative estimate of drug-likeness (QED) is 0.311. The minimum Gasteiger partial charge on any atom is -0.494 e. The lowest BCUT2D eigenvalue weighted by atomic mass is 9.68. The van der Waals surface area contributed by atoms with E-state index in [2.05, 4.69) is 38.1 Å². The smallest absolute Gasteiger partial charge is 0.119 e. The SMILES string of the molecule is CCCCCC1CCC(C2CCC(CCc3ccc(OCCCC)cc3)CC2)CC1. The van der Waals surface area contributed by atoms with Crippen molar-refractivity contribution in [3.05, 3.63) is 29.8 Å². The molecular formula is C29H48O. The van der Waals surface area contributed by atoms with Gasteiger partial charge in [0.05, 0.1) is 6.61 Å². The lowest BCUT2D eigenvalue weighted by Gasteiger charge is -2.38. The fourth-order valence-electron chi connectivity index (χ4n) is 6.04. The predicted molar refractivity (Wildman–Crippen MR) is 130 cm³/mol. The van der Waals surface area contributed by atoms with Crippen LogP contribution in [0.3, 0.4) is 0 Å². The van der Waals surface area contributed by atoms with Crippen LogP contribution in [0.15, 0.2) is 24.3 Å². The standard InChI is InChI=1S/C29H48O/c1-3-5-7-8-24-11-17-27(18-12-24)28-19-13-25(14-20-28)9-10-26-15-21-29(22-16-26)30-23-6-4-2/h15-16,21-22,24-25,27-28H,3-14,17-20,23H2,1-2H3. The Bertz CT molecular complexity index is 546. The fourth-order valence-corrected chi connectivity index (χ4v) is 6.04. The third-order valence-electron chi connectivity index (χ3n) is 8.20. The second-order valence-corrected chi connectivity index (χ2v) is 10.4. The summed E-state index contributed by atoms with van der Waals surface area (Å²) in [6.07, 6.45) is 22.9. The maximum Gasteiger partial charge on any atom is 0.119 e. The van der Waals surface area contributed by atoms with Crippen molar-refractivity contribution in [3.8, 4) is 5.75 Å². The number of rotatable bonds is 12. The zero-order valence-corrected chi connectivity index (χ0v) is 20.0. The summed E-state index contributed by atoms with van der Waals surface area (Å²) < 4.78 is 5.80. The third-order valence-corrected chi connectivity index (χ3v) is 8.20. The van der Waals surface area contributed by atoms with Crippen LogP contribution in [0.25, 0.3) is 0 Å². The number of aryl methyl sites for hydroxylation is 1. The number of hydrogen-bond donors (Lipinski definition) is 0. The molecule has 0 bridgehead atoms. The van der Waals surface area contributed by atoms with E-state index in [-0.39, 0.29) is 0 Å². The zero-order valence-electron chi connectivity index (χ0n) is 20.0. The van der Waals surface area contributed by atoms with E-state index in [1.165, 1.54) is 89.0 Å². The minimum atomic E-state index is 0.847. The molecule has 1 heteroatoms. The van der Waals surface area contributed by atoms with Gasteiger partial charge in [-0.05, 0) is 86.3 Å². The van der Waals surface area contributed by atoms with Crippen molar-refractivity contribution in [1.29, 1.82) is 0 Å². The van der Waals surface area contributed by atoms with Gasteiger partial charge in [0.25, 0.3) is 0 Å². The van der Waals surface area contributed by atoms with E-state index < -0.39 is 0 Å². The molecule has 0 amide bonds. The van der Waals surface area contributed by atoms with Gasteiger partial charge in [-0.15, -0.1) is 0 Å². The van der Waals surface area contributed by atoms with E-state index >= 15 is 0 Å². The molecule has 0 aliphatic heterocycles. The molecule has 170 valence electrons. The number of hydrogen-bond acceptors (Lipinski definition) is 1. The summed E-state index contributed by atoms with van der Waals surface area (Å²) in [7, 11) is 0. The highest BCUT2D eigenvalue weighted by Gasteiger charge is 2.30. The van der Waals surface area contributed by atoms with E-state index in [9.17, 15) is 0 Å². The lowest BCUT2D eigenvalue weighted by molar-refractivity contribution is 0.140. The monoisotopic (exact) mass is 412 g/mol. The Morgan fingerprint density at radius 2 is 1.23 bits per heavy atom. The normalized spacial score (nSPS) is 27.1. The van der Waals surface area contributed by atoms with Gasteiger partial charge in [-0.3, -0.25) is 0 Å². The van der Waals surface area contributed by atoms with Crippen LogP contribution in [0.4, 0.5) is 0 Å². The molecular weight excluding hydrogens is 364 g/mol. The molecule has 1 aromatic rings. The molecule has 30 heavy (non-hydrogen) atoms. The van der Waals surface area contributed by atoms with Crippen LogP contribution in [-0.2, 0) is 6.42 Å². The summed E-state index contributed by atoms with van der Waals surface area (Å²) in [5, 5.41) is 0. The molecule has 0 N–H and O–H groups in total. The maximum atomic E-state index is 5.80. The van der Waals surface area contributed by atoms with E-state index in [0.29, 0.717) is 0 Å². The second kappa shape index (κ2) is 13.4. The van der Waals surface area contributed by atoms with Crippen molar-refractivity contribution in [3.63, 3.8) is 0 Å². The van der Waals surface area contributed by atoms with Crippen molar-refractivity contribution in [2.75, 3.05) is 6.61 Å². The molecule has 0 unspecified atom stereocenters. The maximum absolute atomic E-state index is 5.80. The summed E-state index contributed by atoms with van der Waals surface area (Å²) in [4.78, 5) is 0. The first kappa shape index (κ1) is 23.7. The zero-order chi connectivity index (χ0) is 21.0. The summed E-state index contributed by atoms with van der Waals surface area (Å²) >= 11 is 0. The fraction of sp³-hybridized carbons (Fsp3) is 0.793. The van der Waals surface area contributed by atoms with Crippen LogP contribution < -0.4 is 4.74 Å². The Balaban J connectivity index is 1.29. The topological polar surface area (TPSA) is 9.23 Å². The molecule has 1 aromatic carbocycles. The van der Waals surface area contributed by atoms with Crippen LogP contribution in [0.1, 0.15) is 116 Å². The number of unbranched alkanes of at least 4 members (excludes halogenated alkanes) is 3. The average Bonchev–Trinajstić information content (AvgIpc) is 2.80. The Kier molecular flexibility index (Phi) is 10.6. The summed E-state index contributed by atoms with van der Waals surface area (Å²) in [6, 6.07) is 8.90. The first-order chi connectivity index (χ1) is 14.8. The molecule has 0 atom stereocenters. The van der Waals surface area contributed by atoms with Gasteiger partial charge < -0.3 is 4.74 Å². The highest BCUT2D eigenvalue weighted by molar-refractivity contribution is 5.27. The highest BCUT2D eigenvalue weighted by atomic mass is 16.5. The van der Waals surface area contributed by atoms with Gasteiger partial charge in [-0.1, -0.05) is 83.8 Å².